The predicted molar refractivity (Wildman–Crippen MR) is 59.9 cm³/mol. The molecule has 2 rings (SSSR count). The van der Waals surface area contributed by atoms with Crippen molar-refractivity contribution < 1.29 is 14.3 Å². The standard InChI is InChI=1S/C10H7ClFN3O2/c11-5-3-14-15(4-5)9-1-6(10(16)17)8(13)2-7(9)12/h1-4H,13H2,(H,16,17). The van der Waals surface area contributed by atoms with Crippen molar-refractivity contribution in [3.8, 4) is 5.69 Å². The molecule has 3 N–H and O–H groups in total. The molecule has 0 spiro atoms. The van der Waals surface area contributed by atoms with E-state index in [1.807, 2.05) is 0 Å². The number of aromatic carboxylic acids is 1. The van der Waals surface area contributed by atoms with Crippen LogP contribution >= 0.6 is 11.6 Å². The summed E-state index contributed by atoms with van der Waals surface area (Å²) in [5, 5.41) is 13.0. The Morgan fingerprint density at radius 3 is 2.76 bits per heavy atom. The van der Waals surface area contributed by atoms with Crippen molar-refractivity contribution in [3.05, 3.63) is 40.9 Å². The largest absolute Gasteiger partial charge is 0.478 e. The van der Waals surface area contributed by atoms with E-state index in [9.17, 15) is 9.18 Å². The number of carboxylic acid groups (broad SMARTS) is 1. The van der Waals surface area contributed by atoms with E-state index in [4.69, 9.17) is 22.4 Å². The molecule has 0 atom stereocenters. The highest BCUT2D eigenvalue weighted by molar-refractivity contribution is 6.30. The normalized spacial score (nSPS) is 10.5. The van der Waals surface area contributed by atoms with Gasteiger partial charge < -0.3 is 10.8 Å². The maximum atomic E-state index is 13.6. The first kappa shape index (κ1) is 11.4. The van der Waals surface area contributed by atoms with Gasteiger partial charge in [-0.15, -0.1) is 0 Å². The number of nitrogens with two attached hydrogens (primary N) is 1. The fourth-order valence-corrected chi connectivity index (χ4v) is 1.51. The van der Waals surface area contributed by atoms with E-state index >= 15 is 0 Å². The minimum absolute atomic E-state index is 0.0245. The summed E-state index contributed by atoms with van der Waals surface area (Å²) >= 11 is 5.65. The molecule has 5 nitrogen and oxygen atoms in total. The number of carboxylic acids is 1. The molecule has 0 amide bonds. The summed E-state index contributed by atoms with van der Waals surface area (Å²) < 4.78 is 14.8. The summed E-state index contributed by atoms with van der Waals surface area (Å²) in [4.78, 5) is 10.9. The van der Waals surface area contributed by atoms with Crippen LogP contribution in [0.1, 0.15) is 10.4 Å². The van der Waals surface area contributed by atoms with E-state index in [1.54, 1.807) is 0 Å². The third kappa shape index (κ3) is 2.07. The van der Waals surface area contributed by atoms with Crippen LogP contribution < -0.4 is 5.73 Å². The van der Waals surface area contributed by atoms with Crippen LogP contribution in [0, 0.1) is 5.82 Å². The number of anilines is 1. The molecule has 0 fully saturated rings. The van der Waals surface area contributed by atoms with E-state index < -0.39 is 11.8 Å². The summed E-state index contributed by atoms with van der Waals surface area (Å²) in [6.07, 6.45) is 2.68. The minimum atomic E-state index is -1.23. The number of rotatable bonds is 2. The molecule has 88 valence electrons. The molecule has 0 aliphatic carbocycles. The Kier molecular flexibility index (Phi) is 2.72. The Hall–Kier alpha value is -2.08. The molecule has 17 heavy (non-hydrogen) atoms. The lowest BCUT2D eigenvalue weighted by atomic mass is 10.1. The second-order valence-electron chi connectivity index (χ2n) is 3.30. The second kappa shape index (κ2) is 4.06. The maximum Gasteiger partial charge on any atom is 0.337 e. The van der Waals surface area contributed by atoms with Gasteiger partial charge in [0.1, 0.15) is 5.69 Å². The summed E-state index contributed by atoms with van der Waals surface area (Å²) in [5.74, 6) is -1.91. The topological polar surface area (TPSA) is 81.1 Å². The maximum absolute atomic E-state index is 13.6. The highest BCUT2D eigenvalue weighted by Gasteiger charge is 2.14. The van der Waals surface area contributed by atoms with Gasteiger partial charge in [-0.25, -0.2) is 13.9 Å². The molecule has 0 aliphatic rings. The van der Waals surface area contributed by atoms with Crippen molar-refractivity contribution >= 4 is 23.3 Å². The molecule has 0 bridgehead atoms. The van der Waals surface area contributed by atoms with Crippen molar-refractivity contribution in [1.82, 2.24) is 9.78 Å². The molecule has 0 unspecified atom stereocenters. The first-order valence-electron chi connectivity index (χ1n) is 4.52. The molecule has 1 aromatic carbocycles. The van der Waals surface area contributed by atoms with Gasteiger partial charge in [-0.1, -0.05) is 11.6 Å². The van der Waals surface area contributed by atoms with E-state index in [0.29, 0.717) is 5.02 Å². The Labute approximate surface area is 100 Å². The number of carbonyl (C=O) groups is 1. The van der Waals surface area contributed by atoms with Gasteiger partial charge in [-0.3, -0.25) is 0 Å². The lowest BCUT2D eigenvalue weighted by molar-refractivity contribution is 0.0698. The van der Waals surface area contributed by atoms with Crippen LogP contribution in [-0.4, -0.2) is 20.9 Å². The average Bonchev–Trinajstić information content (AvgIpc) is 2.64. The first-order valence-corrected chi connectivity index (χ1v) is 4.89. The zero-order valence-electron chi connectivity index (χ0n) is 8.39. The third-order valence-corrected chi connectivity index (χ3v) is 2.34. The zero-order valence-corrected chi connectivity index (χ0v) is 9.15. The summed E-state index contributed by atoms with van der Waals surface area (Å²) in [6.45, 7) is 0. The van der Waals surface area contributed by atoms with E-state index in [2.05, 4.69) is 5.10 Å². The smallest absolute Gasteiger partial charge is 0.337 e. The van der Waals surface area contributed by atoms with Gasteiger partial charge in [0, 0.05) is 11.9 Å². The van der Waals surface area contributed by atoms with Gasteiger partial charge in [0.05, 0.1) is 16.8 Å². The SMILES string of the molecule is Nc1cc(F)c(-n2cc(Cl)cn2)cc1C(=O)O. The Bertz CT molecular complexity index is 597. The highest BCUT2D eigenvalue weighted by atomic mass is 35.5. The number of nitrogen functional groups attached to an aromatic ring is 1. The molecule has 0 saturated carbocycles. The van der Waals surface area contributed by atoms with Crippen LogP contribution in [0.2, 0.25) is 5.02 Å². The zero-order chi connectivity index (χ0) is 12.6. The number of benzene rings is 1. The molecule has 1 aromatic heterocycles. The van der Waals surface area contributed by atoms with E-state index in [1.165, 1.54) is 12.4 Å². The molecule has 0 aliphatic heterocycles. The van der Waals surface area contributed by atoms with Gasteiger partial charge in [-0.2, -0.15) is 5.10 Å². The van der Waals surface area contributed by atoms with E-state index in [0.717, 1.165) is 16.8 Å². The van der Waals surface area contributed by atoms with Crippen molar-refractivity contribution in [2.45, 2.75) is 0 Å². The lowest BCUT2D eigenvalue weighted by Crippen LogP contribution is -2.07. The predicted octanol–water partition coefficient (Wildman–Crippen LogP) is 1.95. The fraction of sp³-hybridized carbons (Fsp3) is 0. The van der Waals surface area contributed by atoms with Crippen molar-refractivity contribution in [2.24, 2.45) is 0 Å². The fourth-order valence-electron chi connectivity index (χ4n) is 1.37. The molecule has 2 aromatic rings. The number of aromatic nitrogens is 2. The molecule has 0 saturated heterocycles. The van der Waals surface area contributed by atoms with Crippen LogP contribution in [0.3, 0.4) is 0 Å². The highest BCUT2D eigenvalue weighted by Crippen LogP contribution is 2.22. The van der Waals surface area contributed by atoms with Gasteiger partial charge in [0.2, 0.25) is 0 Å². The second-order valence-corrected chi connectivity index (χ2v) is 3.74. The number of nitrogens with zero attached hydrogens (tertiary/aromatic N) is 2. The summed E-state index contributed by atoms with van der Waals surface area (Å²) in [7, 11) is 0. The third-order valence-electron chi connectivity index (χ3n) is 2.15. The van der Waals surface area contributed by atoms with Crippen molar-refractivity contribution in [3.63, 3.8) is 0 Å². The van der Waals surface area contributed by atoms with Crippen molar-refractivity contribution in [2.75, 3.05) is 5.73 Å². The van der Waals surface area contributed by atoms with Gasteiger partial charge >= 0.3 is 5.97 Å². The van der Waals surface area contributed by atoms with Gasteiger partial charge in [0.15, 0.2) is 5.82 Å². The number of hydrogen-bond acceptors (Lipinski definition) is 3. The average molecular weight is 256 g/mol. The lowest BCUT2D eigenvalue weighted by Gasteiger charge is -2.07. The minimum Gasteiger partial charge on any atom is -0.478 e. The van der Waals surface area contributed by atoms with Crippen LogP contribution in [0.25, 0.3) is 5.69 Å². The Balaban J connectivity index is 2.62. The van der Waals surface area contributed by atoms with E-state index in [-0.39, 0.29) is 16.9 Å². The van der Waals surface area contributed by atoms with Crippen LogP contribution in [0.15, 0.2) is 24.5 Å². The summed E-state index contributed by atoms with van der Waals surface area (Å²) in [6, 6.07) is 2.05. The Morgan fingerprint density at radius 1 is 1.53 bits per heavy atom. The molecular formula is C10H7ClFN3O2. The van der Waals surface area contributed by atoms with Gasteiger partial charge in [0.25, 0.3) is 0 Å². The molecule has 1 heterocycles. The first-order chi connectivity index (χ1) is 7.99. The molecule has 7 heteroatoms. The number of hydrogen-bond donors (Lipinski definition) is 2. The van der Waals surface area contributed by atoms with Crippen LogP contribution in [-0.2, 0) is 0 Å². The number of halogens is 2. The van der Waals surface area contributed by atoms with Crippen molar-refractivity contribution in [1.29, 1.82) is 0 Å². The monoisotopic (exact) mass is 255 g/mol. The molecule has 0 radical (unpaired) electrons. The Morgan fingerprint density at radius 2 is 2.24 bits per heavy atom. The van der Waals surface area contributed by atoms with Gasteiger partial charge in [-0.05, 0) is 12.1 Å². The van der Waals surface area contributed by atoms with Crippen LogP contribution in [0.4, 0.5) is 10.1 Å². The van der Waals surface area contributed by atoms with Crippen LogP contribution in [0.5, 0.6) is 0 Å². The molecular weight excluding hydrogens is 249 g/mol. The quantitative estimate of drug-likeness (QED) is 0.804. The summed E-state index contributed by atoms with van der Waals surface area (Å²) in [5.41, 5.74) is 5.04.